The first-order chi connectivity index (χ1) is 6.81. The molecule has 0 radical (unpaired) electrons. The largest absolute Gasteiger partial charge is 0.312 e. The summed E-state index contributed by atoms with van der Waals surface area (Å²) in [5, 5.41) is 7.21. The first kappa shape index (κ1) is 11.6. The zero-order valence-corrected chi connectivity index (χ0v) is 9.97. The van der Waals surface area contributed by atoms with E-state index in [0.717, 1.165) is 5.92 Å². The van der Waals surface area contributed by atoms with Crippen LogP contribution in [0.3, 0.4) is 0 Å². The van der Waals surface area contributed by atoms with Crippen molar-refractivity contribution >= 4 is 11.5 Å². The zero-order chi connectivity index (χ0) is 10.4. The quantitative estimate of drug-likeness (QED) is 0.789. The molecule has 1 rings (SSSR count). The maximum atomic E-state index is 3.90. The third-order valence-electron chi connectivity index (χ3n) is 2.79. The van der Waals surface area contributed by atoms with Crippen LogP contribution in [0.25, 0.3) is 0 Å². The van der Waals surface area contributed by atoms with Crippen molar-refractivity contribution in [1.29, 1.82) is 0 Å². The molecule has 1 N–H and O–H groups in total. The van der Waals surface area contributed by atoms with Crippen LogP contribution in [-0.2, 0) is 0 Å². The highest BCUT2D eigenvalue weighted by atomic mass is 32.1. The van der Waals surface area contributed by atoms with Crippen molar-refractivity contribution in [3.05, 3.63) is 11.1 Å². The van der Waals surface area contributed by atoms with Crippen LogP contribution in [-0.4, -0.2) is 16.6 Å². The van der Waals surface area contributed by atoms with Gasteiger partial charge in [0.2, 0.25) is 0 Å². The molecule has 1 heterocycles. The van der Waals surface area contributed by atoms with Crippen LogP contribution in [0.2, 0.25) is 0 Å². The monoisotopic (exact) mass is 213 g/mol. The minimum Gasteiger partial charge on any atom is -0.312 e. The van der Waals surface area contributed by atoms with Gasteiger partial charge in [0.15, 0.2) is 0 Å². The molecule has 14 heavy (non-hydrogen) atoms. The van der Waals surface area contributed by atoms with Crippen LogP contribution in [0.15, 0.2) is 6.20 Å². The van der Waals surface area contributed by atoms with Crippen LogP contribution < -0.4 is 5.32 Å². The lowest BCUT2D eigenvalue weighted by Gasteiger charge is -2.19. The second-order valence-corrected chi connectivity index (χ2v) is 4.40. The van der Waals surface area contributed by atoms with E-state index in [2.05, 4.69) is 28.8 Å². The van der Waals surface area contributed by atoms with Gasteiger partial charge in [0.1, 0.15) is 0 Å². The molecule has 0 aliphatic rings. The minimum absolute atomic E-state index is 0.430. The van der Waals surface area contributed by atoms with E-state index in [0.29, 0.717) is 6.04 Å². The first-order valence-corrected chi connectivity index (χ1v) is 6.03. The summed E-state index contributed by atoms with van der Waals surface area (Å²) < 4.78 is 3.90. The standard InChI is InChI=1S/C10H19N3S/c1-4-8(5-2)6-9(11-3)10-7-12-13-14-10/h7-9,11H,4-6H2,1-3H3. The summed E-state index contributed by atoms with van der Waals surface area (Å²) in [5.41, 5.74) is 0. The molecule has 0 fully saturated rings. The Morgan fingerprint density at radius 1 is 1.43 bits per heavy atom. The zero-order valence-electron chi connectivity index (χ0n) is 9.16. The number of rotatable bonds is 6. The number of nitrogens with one attached hydrogen (secondary N) is 1. The second-order valence-electron chi connectivity index (χ2n) is 3.58. The van der Waals surface area contributed by atoms with Crippen LogP contribution in [0.5, 0.6) is 0 Å². The predicted octanol–water partition coefficient (Wildman–Crippen LogP) is 2.62. The molecule has 0 amide bonds. The third kappa shape index (κ3) is 3.03. The summed E-state index contributed by atoms with van der Waals surface area (Å²) in [4.78, 5) is 1.25. The summed E-state index contributed by atoms with van der Waals surface area (Å²) in [6.07, 6.45) is 5.56. The van der Waals surface area contributed by atoms with E-state index >= 15 is 0 Å². The number of aromatic nitrogens is 2. The molecule has 0 saturated heterocycles. The van der Waals surface area contributed by atoms with Crippen LogP contribution in [0.1, 0.15) is 44.0 Å². The molecule has 0 saturated carbocycles. The van der Waals surface area contributed by atoms with E-state index in [1.54, 1.807) is 0 Å². The highest BCUT2D eigenvalue weighted by Crippen LogP contribution is 2.25. The van der Waals surface area contributed by atoms with Crippen LogP contribution >= 0.6 is 11.5 Å². The molecule has 0 aromatic carbocycles. The Labute approximate surface area is 90.1 Å². The summed E-state index contributed by atoms with van der Waals surface area (Å²) >= 11 is 1.49. The van der Waals surface area contributed by atoms with Crippen molar-refractivity contribution in [2.24, 2.45) is 5.92 Å². The van der Waals surface area contributed by atoms with Gasteiger partial charge < -0.3 is 5.32 Å². The molecule has 1 unspecified atom stereocenters. The van der Waals surface area contributed by atoms with Gasteiger partial charge in [-0.1, -0.05) is 31.2 Å². The molecule has 3 nitrogen and oxygen atoms in total. The highest BCUT2D eigenvalue weighted by molar-refractivity contribution is 7.05. The lowest BCUT2D eigenvalue weighted by molar-refractivity contribution is 0.388. The fourth-order valence-electron chi connectivity index (χ4n) is 1.66. The average molecular weight is 213 g/mol. The lowest BCUT2D eigenvalue weighted by Crippen LogP contribution is -2.18. The van der Waals surface area contributed by atoms with E-state index in [4.69, 9.17) is 0 Å². The lowest BCUT2D eigenvalue weighted by atomic mass is 9.94. The smallest absolute Gasteiger partial charge is 0.0669 e. The minimum atomic E-state index is 0.430. The Bertz CT molecular complexity index is 232. The van der Waals surface area contributed by atoms with Gasteiger partial charge in [-0.2, -0.15) is 0 Å². The summed E-state index contributed by atoms with van der Waals surface area (Å²) in [6, 6.07) is 0.430. The maximum absolute atomic E-state index is 3.90. The molecule has 0 spiro atoms. The van der Waals surface area contributed by atoms with Crippen LogP contribution in [0.4, 0.5) is 0 Å². The van der Waals surface area contributed by atoms with Crippen molar-refractivity contribution in [2.75, 3.05) is 7.05 Å². The Morgan fingerprint density at radius 2 is 2.14 bits per heavy atom. The fourth-order valence-corrected chi connectivity index (χ4v) is 2.28. The molecule has 0 bridgehead atoms. The third-order valence-corrected chi connectivity index (χ3v) is 3.57. The van der Waals surface area contributed by atoms with Gasteiger partial charge in [0.25, 0.3) is 0 Å². The molecule has 1 atom stereocenters. The van der Waals surface area contributed by atoms with E-state index in [1.165, 1.54) is 35.7 Å². The average Bonchev–Trinajstić information content (AvgIpc) is 2.73. The molecule has 0 aliphatic carbocycles. The SMILES string of the molecule is CCC(CC)CC(NC)c1cnns1. The van der Waals surface area contributed by atoms with E-state index in [1.807, 2.05) is 13.2 Å². The Hall–Kier alpha value is -0.480. The van der Waals surface area contributed by atoms with Gasteiger partial charge in [-0.05, 0) is 30.9 Å². The van der Waals surface area contributed by atoms with Crippen molar-refractivity contribution in [3.63, 3.8) is 0 Å². The van der Waals surface area contributed by atoms with E-state index in [-0.39, 0.29) is 0 Å². The molecule has 4 heteroatoms. The number of nitrogens with zero attached hydrogens (tertiary/aromatic N) is 2. The molecular formula is C10H19N3S. The second kappa shape index (κ2) is 6.09. The fraction of sp³-hybridized carbons (Fsp3) is 0.800. The van der Waals surface area contributed by atoms with Gasteiger partial charge >= 0.3 is 0 Å². The predicted molar refractivity (Wildman–Crippen MR) is 60.4 cm³/mol. The molecule has 1 aromatic heterocycles. The molecular weight excluding hydrogens is 194 g/mol. The number of hydrogen-bond donors (Lipinski definition) is 1. The van der Waals surface area contributed by atoms with Crippen LogP contribution in [0, 0.1) is 5.92 Å². The first-order valence-electron chi connectivity index (χ1n) is 5.26. The Morgan fingerprint density at radius 3 is 2.57 bits per heavy atom. The van der Waals surface area contributed by atoms with Gasteiger partial charge in [0, 0.05) is 6.04 Å². The maximum Gasteiger partial charge on any atom is 0.0669 e. The summed E-state index contributed by atoms with van der Waals surface area (Å²) in [5.74, 6) is 0.801. The number of hydrogen-bond acceptors (Lipinski definition) is 4. The molecule has 0 aliphatic heterocycles. The highest BCUT2D eigenvalue weighted by Gasteiger charge is 2.15. The van der Waals surface area contributed by atoms with Gasteiger partial charge in [-0.3, -0.25) is 0 Å². The van der Waals surface area contributed by atoms with E-state index in [9.17, 15) is 0 Å². The van der Waals surface area contributed by atoms with Gasteiger partial charge in [-0.25, -0.2) is 0 Å². The Kier molecular flexibility index (Phi) is 5.04. The normalized spacial score (nSPS) is 13.4. The van der Waals surface area contributed by atoms with Gasteiger partial charge in [-0.15, -0.1) is 5.10 Å². The summed E-state index contributed by atoms with van der Waals surface area (Å²) in [7, 11) is 2.01. The summed E-state index contributed by atoms with van der Waals surface area (Å²) in [6.45, 7) is 4.51. The molecule has 1 aromatic rings. The van der Waals surface area contributed by atoms with Crippen molar-refractivity contribution in [3.8, 4) is 0 Å². The van der Waals surface area contributed by atoms with Crippen molar-refractivity contribution < 1.29 is 0 Å². The van der Waals surface area contributed by atoms with Gasteiger partial charge in [0.05, 0.1) is 11.1 Å². The topological polar surface area (TPSA) is 37.8 Å². The van der Waals surface area contributed by atoms with E-state index < -0.39 is 0 Å². The van der Waals surface area contributed by atoms with Crippen molar-refractivity contribution in [2.45, 2.75) is 39.2 Å². The van der Waals surface area contributed by atoms with Crippen molar-refractivity contribution in [1.82, 2.24) is 14.9 Å². The Balaban J connectivity index is 2.55. The molecule has 80 valence electrons.